The van der Waals surface area contributed by atoms with Crippen LogP contribution in [0.5, 0.6) is 11.5 Å². The highest BCUT2D eigenvalue weighted by Gasteiger charge is 2.18. The van der Waals surface area contributed by atoms with Crippen LogP contribution in [0.15, 0.2) is 45.8 Å². The lowest BCUT2D eigenvalue weighted by molar-refractivity contribution is 0.0784. The van der Waals surface area contributed by atoms with Crippen LogP contribution < -0.4 is 9.47 Å². The van der Waals surface area contributed by atoms with Crippen molar-refractivity contribution in [2.24, 2.45) is 0 Å². The number of halogens is 1. The van der Waals surface area contributed by atoms with E-state index in [1.165, 1.54) is 4.90 Å². The van der Waals surface area contributed by atoms with Gasteiger partial charge in [-0.15, -0.1) is 11.8 Å². The molecule has 0 aliphatic rings. The van der Waals surface area contributed by atoms with Gasteiger partial charge < -0.3 is 14.4 Å². The fourth-order valence-electron chi connectivity index (χ4n) is 2.42. The number of amides is 1. The molecular weight excluding hydrogens is 402 g/mol. The van der Waals surface area contributed by atoms with E-state index >= 15 is 0 Å². The number of rotatable bonds is 7. The molecule has 134 valence electrons. The zero-order valence-corrected chi connectivity index (χ0v) is 17.2. The van der Waals surface area contributed by atoms with Crippen molar-refractivity contribution >= 4 is 33.6 Å². The van der Waals surface area contributed by atoms with Crippen LogP contribution in [0.2, 0.25) is 0 Å². The van der Waals surface area contributed by atoms with Crippen LogP contribution in [-0.2, 0) is 6.54 Å². The molecule has 2 rings (SSSR count). The van der Waals surface area contributed by atoms with Gasteiger partial charge >= 0.3 is 0 Å². The summed E-state index contributed by atoms with van der Waals surface area (Å²) in [5.74, 6) is 1.07. The Morgan fingerprint density at radius 2 is 1.92 bits per heavy atom. The molecule has 2 aromatic rings. The second-order valence-corrected chi connectivity index (χ2v) is 7.17. The minimum atomic E-state index is -0.0732. The lowest BCUT2D eigenvalue weighted by Crippen LogP contribution is -2.26. The van der Waals surface area contributed by atoms with Crippen molar-refractivity contribution in [3.05, 3.63) is 52.0 Å². The van der Waals surface area contributed by atoms with E-state index in [4.69, 9.17) is 9.47 Å². The van der Waals surface area contributed by atoms with E-state index in [1.54, 1.807) is 43.0 Å². The lowest BCUT2D eigenvalue weighted by atomic mass is 10.1. The van der Waals surface area contributed by atoms with Gasteiger partial charge in [-0.25, -0.2) is 0 Å². The van der Waals surface area contributed by atoms with Gasteiger partial charge in [-0.3, -0.25) is 4.79 Å². The fraction of sp³-hybridized carbons (Fsp3) is 0.316. The maximum Gasteiger partial charge on any atom is 0.254 e. The van der Waals surface area contributed by atoms with E-state index < -0.39 is 0 Å². The molecule has 0 aromatic heterocycles. The maximum atomic E-state index is 12.8. The number of hydrogen-bond donors (Lipinski definition) is 0. The molecule has 0 saturated carbocycles. The zero-order valence-electron chi connectivity index (χ0n) is 14.8. The van der Waals surface area contributed by atoms with E-state index in [0.29, 0.717) is 34.7 Å². The zero-order chi connectivity index (χ0) is 18.4. The van der Waals surface area contributed by atoms with Gasteiger partial charge in [-0.05, 0) is 58.9 Å². The SMILES string of the molecule is CCOc1c(Br)cc(C(=O)N(C)Cc2ccc(SC)cc2)cc1OC. The topological polar surface area (TPSA) is 38.8 Å². The van der Waals surface area contributed by atoms with Crippen molar-refractivity contribution in [2.75, 3.05) is 27.0 Å². The van der Waals surface area contributed by atoms with Gasteiger partial charge in [0.1, 0.15) is 0 Å². The first-order valence-electron chi connectivity index (χ1n) is 7.88. The number of methoxy groups -OCH3 is 1. The first-order valence-corrected chi connectivity index (χ1v) is 9.90. The van der Waals surface area contributed by atoms with E-state index in [-0.39, 0.29) is 5.91 Å². The highest BCUT2D eigenvalue weighted by Crippen LogP contribution is 2.37. The molecule has 0 aliphatic carbocycles. The first-order chi connectivity index (χ1) is 12.0. The summed E-state index contributed by atoms with van der Waals surface area (Å²) in [4.78, 5) is 15.7. The summed E-state index contributed by atoms with van der Waals surface area (Å²) < 4.78 is 11.6. The molecule has 0 spiro atoms. The normalized spacial score (nSPS) is 10.4. The van der Waals surface area contributed by atoms with Crippen LogP contribution in [0.1, 0.15) is 22.8 Å². The summed E-state index contributed by atoms with van der Waals surface area (Å²) in [6.45, 7) is 2.97. The predicted molar refractivity (Wildman–Crippen MR) is 106 cm³/mol. The molecule has 6 heteroatoms. The number of carbonyl (C=O) groups excluding carboxylic acids is 1. The summed E-state index contributed by atoms with van der Waals surface area (Å²) in [6.07, 6.45) is 2.04. The van der Waals surface area contributed by atoms with Gasteiger partial charge in [0.15, 0.2) is 11.5 Å². The second-order valence-electron chi connectivity index (χ2n) is 5.43. The third-order valence-electron chi connectivity index (χ3n) is 3.69. The molecule has 0 unspecified atom stereocenters. The van der Waals surface area contributed by atoms with Crippen molar-refractivity contribution in [1.82, 2.24) is 4.90 Å². The number of benzene rings is 2. The highest BCUT2D eigenvalue weighted by molar-refractivity contribution is 9.10. The van der Waals surface area contributed by atoms with E-state index in [0.717, 1.165) is 5.56 Å². The number of hydrogen-bond acceptors (Lipinski definition) is 4. The number of carbonyl (C=O) groups is 1. The fourth-order valence-corrected chi connectivity index (χ4v) is 3.39. The van der Waals surface area contributed by atoms with Gasteiger partial charge in [0, 0.05) is 24.1 Å². The van der Waals surface area contributed by atoms with E-state index in [9.17, 15) is 4.79 Å². The van der Waals surface area contributed by atoms with Gasteiger partial charge in [0.2, 0.25) is 0 Å². The average molecular weight is 424 g/mol. The summed E-state index contributed by atoms with van der Waals surface area (Å²) >= 11 is 5.16. The Balaban J connectivity index is 2.19. The highest BCUT2D eigenvalue weighted by atomic mass is 79.9. The summed E-state index contributed by atoms with van der Waals surface area (Å²) in [6, 6.07) is 11.7. The van der Waals surface area contributed by atoms with Crippen molar-refractivity contribution in [1.29, 1.82) is 0 Å². The van der Waals surface area contributed by atoms with Crippen LogP contribution in [0, 0.1) is 0 Å². The Hall–Kier alpha value is -1.66. The van der Waals surface area contributed by atoms with Crippen molar-refractivity contribution in [3.63, 3.8) is 0 Å². The Morgan fingerprint density at radius 1 is 1.24 bits per heavy atom. The van der Waals surface area contributed by atoms with Crippen molar-refractivity contribution < 1.29 is 14.3 Å². The first kappa shape index (κ1) is 19.7. The molecule has 25 heavy (non-hydrogen) atoms. The largest absolute Gasteiger partial charge is 0.493 e. The molecule has 0 atom stereocenters. The van der Waals surface area contributed by atoms with Crippen LogP contribution >= 0.6 is 27.7 Å². The smallest absolute Gasteiger partial charge is 0.254 e. The van der Waals surface area contributed by atoms with E-state index in [1.807, 2.05) is 25.3 Å². The van der Waals surface area contributed by atoms with E-state index in [2.05, 4.69) is 28.1 Å². The summed E-state index contributed by atoms with van der Waals surface area (Å²) in [5.41, 5.74) is 1.64. The van der Waals surface area contributed by atoms with Crippen molar-refractivity contribution in [2.45, 2.75) is 18.4 Å². The van der Waals surface area contributed by atoms with Crippen LogP contribution in [0.25, 0.3) is 0 Å². The lowest BCUT2D eigenvalue weighted by Gasteiger charge is -2.19. The Bertz CT molecular complexity index is 734. The van der Waals surface area contributed by atoms with Crippen LogP contribution in [0.3, 0.4) is 0 Å². The predicted octanol–water partition coefficient (Wildman–Crippen LogP) is 4.85. The maximum absolute atomic E-state index is 12.8. The molecule has 0 N–H and O–H groups in total. The molecule has 1 amide bonds. The molecule has 0 aliphatic heterocycles. The third kappa shape index (κ3) is 4.92. The van der Waals surface area contributed by atoms with Gasteiger partial charge in [-0.1, -0.05) is 12.1 Å². The quantitative estimate of drug-likeness (QED) is 0.596. The van der Waals surface area contributed by atoms with Gasteiger partial charge in [0.05, 0.1) is 18.2 Å². The molecule has 0 heterocycles. The van der Waals surface area contributed by atoms with Crippen LogP contribution in [-0.4, -0.2) is 37.8 Å². The monoisotopic (exact) mass is 423 g/mol. The summed E-state index contributed by atoms with van der Waals surface area (Å²) in [5, 5.41) is 0. The third-order valence-corrected chi connectivity index (χ3v) is 5.02. The Labute approximate surface area is 161 Å². The number of nitrogens with zero attached hydrogens (tertiary/aromatic N) is 1. The minimum Gasteiger partial charge on any atom is -0.493 e. The minimum absolute atomic E-state index is 0.0732. The molecule has 4 nitrogen and oxygen atoms in total. The van der Waals surface area contributed by atoms with Gasteiger partial charge in [0.25, 0.3) is 5.91 Å². The standard InChI is InChI=1S/C19H22BrNO3S/c1-5-24-18-16(20)10-14(11-17(18)23-3)19(22)21(2)12-13-6-8-15(25-4)9-7-13/h6-11H,5,12H2,1-4H3. The average Bonchev–Trinajstić information content (AvgIpc) is 2.63. The molecule has 0 radical (unpaired) electrons. The Morgan fingerprint density at radius 3 is 2.48 bits per heavy atom. The molecule has 0 bridgehead atoms. The Kier molecular flexibility index (Phi) is 7.20. The molecule has 0 saturated heterocycles. The molecule has 0 fully saturated rings. The number of ether oxygens (including phenoxy) is 2. The molecule has 2 aromatic carbocycles. The van der Waals surface area contributed by atoms with Crippen molar-refractivity contribution in [3.8, 4) is 11.5 Å². The molecular formula is C19H22BrNO3S. The number of thioether (sulfide) groups is 1. The van der Waals surface area contributed by atoms with Gasteiger partial charge in [-0.2, -0.15) is 0 Å². The second kappa shape index (κ2) is 9.15. The summed E-state index contributed by atoms with van der Waals surface area (Å²) in [7, 11) is 3.36. The van der Waals surface area contributed by atoms with Crippen LogP contribution in [0.4, 0.5) is 0 Å².